The lowest BCUT2D eigenvalue weighted by Crippen LogP contribution is -2.32. The summed E-state index contributed by atoms with van der Waals surface area (Å²) >= 11 is 0. The molecule has 3 aromatic rings. The van der Waals surface area contributed by atoms with Crippen molar-refractivity contribution < 1.29 is 17.0 Å². The zero-order valence-corrected chi connectivity index (χ0v) is 14.8. The van der Waals surface area contributed by atoms with Crippen molar-refractivity contribution in [1.29, 1.82) is 0 Å². The highest BCUT2D eigenvalue weighted by atomic mass is 16.5. The highest BCUT2D eigenvalue weighted by Crippen LogP contribution is 2.30. The summed E-state index contributed by atoms with van der Waals surface area (Å²) < 4.78 is 27.7. The van der Waals surface area contributed by atoms with E-state index in [-0.39, 0.29) is 42.5 Å². The number of ether oxygens (including phenoxy) is 2. The average molecular weight is 363 g/mol. The van der Waals surface area contributed by atoms with Crippen molar-refractivity contribution in [2.75, 3.05) is 20.3 Å². The third-order valence-electron chi connectivity index (χ3n) is 4.32. The third kappa shape index (κ3) is 3.60. The van der Waals surface area contributed by atoms with Gasteiger partial charge in [-0.1, -0.05) is 18.2 Å². The highest BCUT2D eigenvalue weighted by Gasteiger charge is 2.24. The van der Waals surface area contributed by atoms with Gasteiger partial charge >= 0.3 is 0 Å². The van der Waals surface area contributed by atoms with Crippen LogP contribution in [0.4, 0.5) is 0 Å². The Morgan fingerprint density at radius 1 is 1.19 bits per heavy atom. The Labute approximate surface area is 160 Å². The second-order valence-corrected chi connectivity index (χ2v) is 6.02. The van der Waals surface area contributed by atoms with Crippen molar-refractivity contribution >= 4 is 5.91 Å². The minimum absolute atomic E-state index is 0.0153. The lowest BCUT2D eigenvalue weighted by molar-refractivity contribution is 0.0738. The number of amides is 1. The van der Waals surface area contributed by atoms with Gasteiger partial charge in [-0.05, 0) is 41.4 Å². The van der Waals surface area contributed by atoms with Crippen LogP contribution in [0.2, 0.25) is 0 Å². The molecule has 0 bridgehead atoms. The third-order valence-corrected chi connectivity index (χ3v) is 4.32. The number of rotatable bonds is 4. The maximum absolute atomic E-state index is 13.2. The van der Waals surface area contributed by atoms with Crippen molar-refractivity contribution in [2.45, 2.75) is 6.54 Å². The molecule has 2 aromatic carbocycles. The first-order valence-corrected chi connectivity index (χ1v) is 8.55. The van der Waals surface area contributed by atoms with Crippen molar-refractivity contribution in [3.05, 3.63) is 72.3 Å². The topological polar surface area (TPSA) is 64.6 Å². The van der Waals surface area contributed by atoms with Crippen molar-refractivity contribution in [1.82, 2.24) is 14.9 Å². The van der Waals surface area contributed by atoms with E-state index in [1.807, 2.05) is 0 Å². The van der Waals surface area contributed by atoms with Crippen LogP contribution in [-0.4, -0.2) is 41.0 Å². The second-order valence-electron chi connectivity index (χ2n) is 6.02. The van der Waals surface area contributed by atoms with Crippen molar-refractivity contribution in [3.63, 3.8) is 0 Å². The Morgan fingerprint density at radius 2 is 1.96 bits per heavy atom. The molecular formula is C21H19N3O3. The molecule has 0 saturated heterocycles. The Bertz CT molecular complexity index is 1040. The van der Waals surface area contributed by atoms with Crippen LogP contribution >= 0.6 is 0 Å². The average Bonchev–Trinajstić information content (AvgIpc) is 2.91. The molecule has 0 atom stereocenters. The zero-order valence-electron chi connectivity index (χ0n) is 16.8. The van der Waals surface area contributed by atoms with Gasteiger partial charge in [0.1, 0.15) is 23.9 Å². The van der Waals surface area contributed by atoms with Gasteiger partial charge in [-0.15, -0.1) is 0 Å². The summed E-state index contributed by atoms with van der Waals surface area (Å²) in [6.45, 7) is 0.825. The van der Waals surface area contributed by atoms with E-state index in [4.69, 9.17) is 12.2 Å². The Balaban J connectivity index is 1.74. The van der Waals surface area contributed by atoms with E-state index < -0.39 is 0 Å². The van der Waals surface area contributed by atoms with Gasteiger partial charge in [0, 0.05) is 12.4 Å². The standard InChI is InChI=1S/C21H19N3O3/c1-26-17-6-3-15(4-7-17)16-5-8-19-18(13-16)21(25)24(11-12-27-19)14-20-22-9-2-10-23-20/h2-10,13H,11-12,14H2,1H3/i5D,8D. The van der Waals surface area contributed by atoms with Crippen molar-refractivity contribution in [3.8, 4) is 22.6 Å². The van der Waals surface area contributed by atoms with Crippen LogP contribution in [0, 0.1) is 0 Å². The van der Waals surface area contributed by atoms with E-state index in [0.29, 0.717) is 23.7 Å². The maximum atomic E-state index is 13.2. The summed E-state index contributed by atoms with van der Waals surface area (Å²) in [5.41, 5.74) is 1.48. The van der Waals surface area contributed by atoms with Crippen molar-refractivity contribution in [2.24, 2.45) is 0 Å². The molecule has 6 heteroatoms. The largest absolute Gasteiger partial charge is 0.497 e. The number of hydrogen-bond acceptors (Lipinski definition) is 5. The molecule has 2 heterocycles. The minimum Gasteiger partial charge on any atom is -0.497 e. The van der Waals surface area contributed by atoms with Crippen LogP contribution in [0.3, 0.4) is 0 Å². The van der Waals surface area contributed by atoms with E-state index in [9.17, 15) is 4.79 Å². The van der Waals surface area contributed by atoms with Gasteiger partial charge < -0.3 is 14.4 Å². The fourth-order valence-corrected chi connectivity index (χ4v) is 2.90. The molecule has 136 valence electrons. The molecule has 0 saturated carbocycles. The molecule has 0 unspecified atom stereocenters. The number of hydrogen-bond donors (Lipinski definition) is 0. The summed E-state index contributed by atoms with van der Waals surface area (Å²) in [6.07, 6.45) is 3.26. The van der Waals surface area contributed by atoms with Crippen LogP contribution in [0.1, 0.15) is 18.9 Å². The first-order chi connectivity index (χ1) is 14.1. The molecule has 0 radical (unpaired) electrons. The van der Waals surface area contributed by atoms with Gasteiger partial charge in [-0.25, -0.2) is 9.97 Å². The van der Waals surface area contributed by atoms with E-state index >= 15 is 0 Å². The summed E-state index contributed by atoms with van der Waals surface area (Å²) in [5, 5.41) is 0. The van der Waals surface area contributed by atoms with Crippen LogP contribution in [0.5, 0.6) is 11.5 Å². The van der Waals surface area contributed by atoms with Crippen LogP contribution < -0.4 is 9.47 Å². The van der Waals surface area contributed by atoms with Gasteiger partial charge in [0.05, 0.1) is 28.5 Å². The number of methoxy groups -OCH3 is 1. The van der Waals surface area contributed by atoms with E-state index in [2.05, 4.69) is 9.97 Å². The molecule has 0 aliphatic carbocycles. The quantitative estimate of drug-likeness (QED) is 0.712. The molecular weight excluding hydrogens is 342 g/mol. The van der Waals surface area contributed by atoms with Gasteiger partial charge in [0.25, 0.3) is 5.91 Å². The van der Waals surface area contributed by atoms with E-state index in [0.717, 1.165) is 5.56 Å². The fraction of sp³-hybridized carbons (Fsp3) is 0.190. The van der Waals surface area contributed by atoms with Gasteiger partial charge in [0.2, 0.25) is 0 Å². The van der Waals surface area contributed by atoms with Gasteiger partial charge in [-0.2, -0.15) is 0 Å². The van der Waals surface area contributed by atoms with Crippen LogP contribution in [0.15, 0.2) is 60.9 Å². The number of carbonyl (C=O) groups excluding carboxylic acids is 1. The predicted octanol–water partition coefficient (Wildman–Crippen LogP) is 3.19. The Kier molecular flexibility index (Phi) is 4.06. The number of fused-ring (bicyclic) bond motifs is 1. The molecule has 1 aliphatic rings. The smallest absolute Gasteiger partial charge is 0.258 e. The molecule has 4 rings (SSSR count). The molecule has 6 nitrogen and oxygen atoms in total. The summed E-state index contributed by atoms with van der Waals surface area (Å²) in [5.74, 6) is 1.10. The monoisotopic (exact) mass is 363 g/mol. The van der Waals surface area contributed by atoms with Gasteiger partial charge in [-0.3, -0.25) is 4.79 Å². The zero-order chi connectivity index (χ0) is 20.4. The Morgan fingerprint density at radius 3 is 2.70 bits per heavy atom. The van der Waals surface area contributed by atoms with E-state index in [1.54, 1.807) is 60.8 Å². The molecule has 27 heavy (non-hydrogen) atoms. The first kappa shape index (κ1) is 14.7. The van der Waals surface area contributed by atoms with Crippen LogP contribution in [-0.2, 0) is 6.54 Å². The van der Waals surface area contributed by atoms with E-state index in [1.165, 1.54) is 0 Å². The summed E-state index contributed by atoms with van der Waals surface area (Å²) in [6, 6.07) is 10.4. The minimum atomic E-state index is -0.270. The van der Waals surface area contributed by atoms with Crippen LogP contribution in [0.25, 0.3) is 11.1 Å². The summed E-state index contributed by atoms with van der Waals surface area (Å²) in [4.78, 5) is 23.2. The number of nitrogens with zero attached hydrogens (tertiary/aromatic N) is 3. The summed E-state index contributed by atoms with van der Waals surface area (Å²) in [7, 11) is 1.58. The Hall–Kier alpha value is -3.41. The lowest BCUT2D eigenvalue weighted by Gasteiger charge is -2.19. The molecule has 1 aliphatic heterocycles. The SMILES string of the molecule is [2H]c1c(-c2ccc(OC)cc2)cc2c(c1[2H])OCCN(Cc1ncccn1)C2=O. The molecule has 0 fully saturated rings. The highest BCUT2D eigenvalue weighted by molar-refractivity contribution is 5.98. The second kappa shape index (κ2) is 7.45. The number of carbonyl (C=O) groups is 1. The first-order valence-electron chi connectivity index (χ1n) is 9.55. The molecule has 0 N–H and O–H groups in total. The fourth-order valence-electron chi connectivity index (χ4n) is 2.90. The molecule has 0 spiro atoms. The normalized spacial score (nSPS) is 14.6. The lowest BCUT2D eigenvalue weighted by atomic mass is 10.0. The molecule has 1 aromatic heterocycles. The predicted molar refractivity (Wildman–Crippen MR) is 101 cm³/mol. The molecule has 1 amide bonds. The number of aromatic nitrogens is 2. The maximum Gasteiger partial charge on any atom is 0.258 e. The van der Waals surface area contributed by atoms with Gasteiger partial charge in [0.15, 0.2) is 0 Å². The number of benzene rings is 2.